The van der Waals surface area contributed by atoms with Gasteiger partial charge in [-0.3, -0.25) is 19.4 Å². The minimum absolute atomic E-state index is 0.0269. The van der Waals surface area contributed by atoms with Crippen molar-refractivity contribution in [1.29, 1.82) is 0 Å². The lowest BCUT2D eigenvalue weighted by molar-refractivity contribution is 0.0137. The van der Waals surface area contributed by atoms with E-state index in [1.165, 1.54) is 23.8 Å². The summed E-state index contributed by atoms with van der Waals surface area (Å²) in [6.07, 6.45) is 2.43. The molecule has 7 heteroatoms. The van der Waals surface area contributed by atoms with E-state index in [2.05, 4.69) is 17.0 Å². The summed E-state index contributed by atoms with van der Waals surface area (Å²) in [4.78, 5) is 32.2. The van der Waals surface area contributed by atoms with E-state index < -0.39 is 11.4 Å². The van der Waals surface area contributed by atoms with E-state index in [1.807, 2.05) is 53.4 Å². The van der Waals surface area contributed by atoms with Crippen molar-refractivity contribution >= 4 is 11.6 Å². The number of hydrogen-bond donors (Lipinski definition) is 0. The van der Waals surface area contributed by atoms with Crippen LogP contribution in [0.4, 0.5) is 4.39 Å². The molecule has 188 valence electrons. The molecule has 1 aliphatic carbocycles. The zero-order chi connectivity index (χ0) is 25.4. The third-order valence-electron chi connectivity index (χ3n) is 7.64. The number of rotatable bonds is 6. The number of carbonyl (C=O) groups is 2. The maximum absolute atomic E-state index is 14.1. The third kappa shape index (κ3) is 3.95. The second-order valence-corrected chi connectivity index (χ2v) is 9.60. The Balaban J connectivity index is 1.31. The zero-order valence-corrected chi connectivity index (χ0v) is 20.3. The fraction of sp³-hybridized carbons (Fsp3) is 0.267. The first-order chi connectivity index (χ1) is 18.1. The van der Waals surface area contributed by atoms with E-state index in [1.54, 1.807) is 6.26 Å². The Hall–Kier alpha value is -3.81. The number of ketones is 2. The van der Waals surface area contributed by atoms with Crippen molar-refractivity contribution in [1.82, 2.24) is 9.80 Å². The van der Waals surface area contributed by atoms with Gasteiger partial charge in [0, 0.05) is 37.3 Å². The SMILES string of the molecule is O=C1c2ccc(F)cc2C(=O)C1(c1ccccc1)N1CCN(C(Cc2ccccc2)C2=COCO2)CC1. The van der Waals surface area contributed by atoms with E-state index in [0.717, 1.165) is 12.2 Å². The number of piperazine rings is 1. The van der Waals surface area contributed by atoms with Crippen LogP contribution >= 0.6 is 0 Å². The average Bonchev–Trinajstić information content (AvgIpc) is 3.55. The van der Waals surface area contributed by atoms with Gasteiger partial charge in [0.05, 0.1) is 6.04 Å². The molecule has 2 atom stereocenters. The van der Waals surface area contributed by atoms with Crippen molar-refractivity contribution in [2.45, 2.75) is 18.0 Å². The van der Waals surface area contributed by atoms with Gasteiger partial charge in [0.2, 0.25) is 6.79 Å². The van der Waals surface area contributed by atoms with Gasteiger partial charge in [-0.05, 0) is 35.7 Å². The monoisotopic (exact) mass is 498 g/mol. The Morgan fingerprint density at radius 3 is 2.19 bits per heavy atom. The van der Waals surface area contributed by atoms with Gasteiger partial charge in [0.15, 0.2) is 22.9 Å². The molecule has 0 spiro atoms. The standard InChI is InChI=1S/C30H27FN2O4/c31-23-11-12-24-25(18-23)29(35)30(28(24)34,22-9-5-2-6-10-22)33-15-13-32(14-16-33)26(27-19-36-20-37-27)17-21-7-3-1-4-8-21/h1-12,18-19,26H,13-17,20H2. The quantitative estimate of drug-likeness (QED) is 0.476. The molecule has 37 heavy (non-hydrogen) atoms. The molecule has 0 aromatic heterocycles. The van der Waals surface area contributed by atoms with Crippen LogP contribution in [0.2, 0.25) is 0 Å². The number of hydrogen-bond acceptors (Lipinski definition) is 6. The van der Waals surface area contributed by atoms with Gasteiger partial charge in [0.25, 0.3) is 0 Å². The predicted octanol–water partition coefficient (Wildman–Crippen LogP) is 4.17. The molecule has 0 N–H and O–H groups in total. The average molecular weight is 499 g/mol. The zero-order valence-electron chi connectivity index (χ0n) is 20.3. The van der Waals surface area contributed by atoms with Gasteiger partial charge in [-0.25, -0.2) is 4.39 Å². The molecule has 2 aliphatic heterocycles. The van der Waals surface area contributed by atoms with Crippen LogP contribution in [0.25, 0.3) is 0 Å². The molecule has 2 heterocycles. The molecular formula is C30H27FN2O4. The summed E-state index contributed by atoms with van der Waals surface area (Å²) >= 11 is 0. The molecule has 6 rings (SSSR count). The molecule has 2 unspecified atom stereocenters. The van der Waals surface area contributed by atoms with E-state index in [9.17, 15) is 14.0 Å². The molecule has 3 aliphatic rings. The topological polar surface area (TPSA) is 59.1 Å². The highest BCUT2D eigenvalue weighted by Gasteiger charge is 2.58. The van der Waals surface area contributed by atoms with Crippen molar-refractivity contribution in [2.75, 3.05) is 33.0 Å². The molecular weight excluding hydrogens is 471 g/mol. The molecule has 0 bridgehead atoms. The number of ether oxygens (including phenoxy) is 2. The highest BCUT2D eigenvalue weighted by molar-refractivity contribution is 6.32. The van der Waals surface area contributed by atoms with Crippen LogP contribution < -0.4 is 0 Å². The van der Waals surface area contributed by atoms with Gasteiger partial charge in [-0.15, -0.1) is 0 Å². The van der Waals surface area contributed by atoms with Crippen molar-refractivity contribution in [3.63, 3.8) is 0 Å². The van der Waals surface area contributed by atoms with Gasteiger partial charge in [-0.2, -0.15) is 0 Å². The fourth-order valence-corrected chi connectivity index (χ4v) is 5.85. The van der Waals surface area contributed by atoms with Gasteiger partial charge < -0.3 is 9.47 Å². The smallest absolute Gasteiger partial charge is 0.229 e. The number of Topliss-reactive ketones (excluding diaryl/α,β-unsaturated/α-hetero) is 2. The summed E-state index contributed by atoms with van der Waals surface area (Å²) in [6.45, 7) is 2.43. The Labute approximate surface area is 214 Å². The first-order valence-electron chi connectivity index (χ1n) is 12.5. The largest absolute Gasteiger partial charge is 0.462 e. The molecule has 0 saturated carbocycles. The van der Waals surface area contributed by atoms with Crippen LogP contribution in [-0.2, 0) is 21.4 Å². The van der Waals surface area contributed by atoms with E-state index >= 15 is 0 Å². The summed E-state index contributed by atoms with van der Waals surface area (Å²) in [7, 11) is 0. The second-order valence-electron chi connectivity index (χ2n) is 9.60. The Bertz CT molecular complexity index is 1350. The summed E-state index contributed by atoms with van der Waals surface area (Å²) < 4.78 is 25.3. The Kier molecular flexibility index (Phi) is 6.10. The number of halogens is 1. The highest BCUT2D eigenvalue weighted by atomic mass is 19.1. The molecule has 1 fully saturated rings. The minimum Gasteiger partial charge on any atom is -0.462 e. The molecule has 6 nitrogen and oxygen atoms in total. The number of benzene rings is 3. The van der Waals surface area contributed by atoms with E-state index in [-0.39, 0.29) is 35.5 Å². The van der Waals surface area contributed by atoms with Gasteiger partial charge in [-0.1, -0.05) is 60.7 Å². The number of fused-ring (bicyclic) bond motifs is 1. The molecule has 0 amide bonds. The van der Waals surface area contributed by atoms with Crippen molar-refractivity contribution in [3.8, 4) is 0 Å². The molecule has 3 aromatic carbocycles. The number of carbonyl (C=O) groups excluding carboxylic acids is 2. The summed E-state index contributed by atoms with van der Waals surface area (Å²) in [5.74, 6) is -0.388. The van der Waals surface area contributed by atoms with Crippen LogP contribution in [0, 0.1) is 5.82 Å². The van der Waals surface area contributed by atoms with Crippen LogP contribution in [-0.4, -0.2) is 60.4 Å². The van der Waals surface area contributed by atoms with Crippen LogP contribution in [0.3, 0.4) is 0 Å². The van der Waals surface area contributed by atoms with E-state index in [4.69, 9.17) is 9.47 Å². The van der Waals surface area contributed by atoms with Crippen molar-refractivity contribution in [3.05, 3.63) is 119 Å². The number of nitrogens with zero attached hydrogens (tertiary/aromatic N) is 2. The maximum Gasteiger partial charge on any atom is 0.229 e. The fourth-order valence-electron chi connectivity index (χ4n) is 5.85. The Morgan fingerprint density at radius 2 is 1.51 bits per heavy atom. The van der Waals surface area contributed by atoms with Crippen molar-refractivity contribution in [2.24, 2.45) is 0 Å². The lowest BCUT2D eigenvalue weighted by atomic mass is 9.82. The molecule has 1 saturated heterocycles. The lowest BCUT2D eigenvalue weighted by Crippen LogP contribution is -2.61. The first-order valence-corrected chi connectivity index (χ1v) is 12.5. The highest BCUT2D eigenvalue weighted by Crippen LogP contribution is 2.43. The van der Waals surface area contributed by atoms with Crippen LogP contribution in [0.1, 0.15) is 31.8 Å². The lowest BCUT2D eigenvalue weighted by Gasteiger charge is -2.45. The summed E-state index contributed by atoms with van der Waals surface area (Å²) in [5.41, 5.74) is 0.739. The summed E-state index contributed by atoms with van der Waals surface area (Å²) in [5, 5.41) is 0. The van der Waals surface area contributed by atoms with E-state index in [0.29, 0.717) is 31.7 Å². The normalized spacial score (nSPS) is 22.8. The summed E-state index contributed by atoms with van der Waals surface area (Å²) in [6, 6.07) is 23.2. The van der Waals surface area contributed by atoms with Crippen LogP contribution in [0.5, 0.6) is 0 Å². The van der Waals surface area contributed by atoms with Crippen molar-refractivity contribution < 1.29 is 23.5 Å². The Morgan fingerprint density at radius 1 is 0.838 bits per heavy atom. The predicted molar refractivity (Wildman–Crippen MR) is 135 cm³/mol. The minimum atomic E-state index is -1.50. The van der Waals surface area contributed by atoms with Gasteiger partial charge in [0.1, 0.15) is 12.1 Å². The van der Waals surface area contributed by atoms with Crippen LogP contribution in [0.15, 0.2) is 90.9 Å². The molecule has 3 aromatic rings. The second kappa shape index (κ2) is 9.57. The first kappa shape index (κ1) is 23.6. The molecule has 0 radical (unpaired) electrons. The maximum atomic E-state index is 14.1. The third-order valence-corrected chi connectivity index (χ3v) is 7.64. The van der Waals surface area contributed by atoms with Gasteiger partial charge >= 0.3 is 0 Å².